The highest BCUT2D eigenvalue weighted by molar-refractivity contribution is 6.09. The first-order valence-electron chi connectivity index (χ1n) is 13.7. The number of carbonyl (C=O) groups is 2. The number of hydrogen-bond acceptors (Lipinski definition) is 3. The van der Waals surface area contributed by atoms with Gasteiger partial charge in [-0.3, -0.25) is 9.59 Å². The van der Waals surface area contributed by atoms with Gasteiger partial charge < -0.3 is 5.11 Å². The Morgan fingerprint density at radius 2 is 0.535 bits per heavy atom. The molecule has 0 atom stereocenters. The molecule has 0 aliphatic rings. The van der Waals surface area contributed by atoms with Crippen LogP contribution >= 0.6 is 0 Å². The molecule has 6 rings (SSSR count). The van der Waals surface area contributed by atoms with Crippen molar-refractivity contribution in [2.45, 2.75) is 13.5 Å². The molecule has 0 saturated carbocycles. The summed E-state index contributed by atoms with van der Waals surface area (Å²) in [6, 6.07) is 56.5. The fraction of sp³-hybridized carbons (Fsp3) is 0.0500. The van der Waals surface area contributed by atoms with Gasteiger partial charge in [0.25, 0.3) is 0 Å². The maximum atomic E-state index is 11.8. The second-order valence-electron chi connectivity index (χ2n) is 9.35. The summed E-state index contributed by atoms with van der Waals surface area (Å²) < 4.78 is 0. The van der Waals surface area contributed by atoms with Gasteiger partial charge in [0.15, 0.2) is 11.6 Å². The van der Waals surface area contributed by atoms with E-state index in [1.807, 2.05) is 182 Å². The first-order valence-corrected chi connectivity index (χ1v) is 13.7. The molecular weight excluding hydrogens is 528 g/mol. The number of hydrogen-bond donors (Lipinski definition) is 1. The molecule has 6 aromatic rings. The average Bonchev–Trinajstić information content (AvgIpc) is 3.10. The van der Waals surface area contributed by atoms with Crippen LogP contribution in [0.1, 0.15) is 56.5 Å². The summed E-state index contributed by atoms with van der Waals surface area (Å²) in [7, 11) is 0. The standard InChI is InChI=1S/C13H12O.2C13H10O.CH4/c3*14-13(11-7-3-1-4-8-11)12-9-5-2-6-10-12;/h1-10,13-14H;2*1-10H;1H4. The van der Waals surface area contributed by atoms with Crippen molar-refractivity contribution in [2.75, 3.05) is 0 Å². The molecule has 0 aliphatic carbocycles. The van der Waals surface area contributed by atoms with Gasteiger partial charge in [-0.05, 0) is 11.1 Å². The van der Waals surface area contributed by atoms with Crippen LogP contribution in [-0.4, -0.2) is 16.7 Å². The molecule has 0 aromatic heterocycles. The molecule has 0 unspecified atom stereocenters. The fourth-order valence-electron chi connectivity index (χ4n) is 4.15. The third kappa shape index (κ3) is 9.89. The molecule has 0 bridgehead atoms. The third-order valence-corrected chi connectivity index (χ3v) is 6.37. The average molecular weight is 565 g/mol. The lowest BCUT2D eigenvalue weighted by molar-refractivity contribution is 0.103. The molecule has 0 radical (unpaired) electrons. The van der Waals surface area contributed by atoms with E-state index in [2.05, 4.69) is 0 Å². The van der Waals surface area contributed by atoms with Gasteiger partial charge in [0, 0.05) is 22.3 Å². The zero-order chi connectivity index (χ0) is 29.4. The second kappa shape index (κ2) is 17.4. The van der Waals surface area contributed by atoms with Crippen molar-refractivity contribution in [3.8, 4) is 0 Å². The SMILES string of the molecule is C.O=C(c1ccccc1)c1ccccc1.O=C(c1ccccc1)c1ccccc1.OC(c1ccccc1)c1ccccc1. The van der Waals surface area contributed by atoms with Gasteiger partial charge >= 0.3 is 0 Å². The van der Waals surface area contributed by atoms with Crippen molar-refractivity contribution in [2.24, 2.45) is 0 Å². The highest BCUT2D eigenvalue weighted by atomic mass is 16.3. The summed E-state index contributed by atoms with van der Waals surface area (Å²) in [5, 5.41) is 9.99. The Morgan fingerprint density at radius 3 is 0.744 bits per heavy atom. The van der Waals surface area contributed by atoms with Crippen LogP contribution in [0.25, 0.3) is 0 Å². The van der Waals surface area contributed by atoms with Crippen LogP contribution < -0.4 is 0 Å². The van der Waals surface area contributed by atoms with Crippen LogP contribution in [0.15, 0.2) is 182 Å². The monoisotopic (exact) mass is 564 g/mol. The number of carbonyl (C=O) groups excluding carboxylic acids is 2. The van der Waals surface area contributed by atoms with Gasteiger partial charge in [-0.2, -0.15) is 0 Å². The zero-order valence-corrected chi connectivity index (χ0v) is 23.2. The Kier molecular flexibility index (Phi) is 13.0. The van der Waals surface area contributed by atoms with E-state index >= 15 is 0 Å². The van der Waals surface area contributed by atoms with Crippen LogP contribution in [0, 0.1) is 0 Å². The number of benzene rings is 6. The third-order valence-electron chi connectivity index (χ3n) is 6.37. The van der Waals surface area contributed by atoms with Crippen LogP contribution in [0.5, 0.6) is 0 Å². The smallest absolute Gasteiger partial charge is 0.193 e. The first kappa shape index (κ1) is 32.1. The van der Waals surface area contributed by atoms with Crippen molar-refractivity contribution >= 4 is 11.6 Å². The molecule has 214 valence electrons. The predicted octanol–water partition coefficient (Wildman–Crippen LogP) is 9.24. The van der Waals surface area contributed by atoms with Crippen molar-refractivity contribution in [3.63, 3.8) is 0 Å². The van der Waals surface area contributed by atoms with E-state index in [1.165, 1.54) is 0 Å². The van der Waals surface area contributed by atoms with E-state index in [0.29, 0.717) is 0 Å². The van der Waals surface area contributed by atoms with Crippen LogP contribution in [-0.2, 0) is 0 Å². The molecule has 6 aromatic carbocycles. The first-order chi connectivity index (χ1) is 20.6. The van der Waals surface area contributed by atoms with E-state index < -0.39 is 6.10 Å². The summed E-state index contributed by atoms with van der Waals surface area (Å²) in [6.45, 7) is 0. The second-order valence-corrected chi connectivity index (χ2v) is 9.35. The highest BCUT2D eigenvalue weighted by Gasteiger charge is 2.08. The molecule has 3 nitrogen and oxygen atoms in total. The summed E-state index contributed by atoms with van der Waals surface area (Å²) >= 11 is 0. The number of rotatable bonds is 6. The number of aliphatic hydroxyl groups is 1. The van der Waals surface area contributed by atoms with E-state index in [4.69, 9.17) is 0 Å². The minimum Gasteiger partial charge on any atom is -0.384 e. The molecule has 1 N–H and O–H groups in total. The minimum atomic E-state index is -0.516. The predicted molar refractivity (Wildman–Crippen MR) is 176 cm³/mol. The lowest BCUT2D eigenvalue weighted by Crippen LogP contribution is -1.99. The Labute approximate surface area is 254 Å². The Balaban J connectivity index is 0.000000175. The molecular formula is C40H36O3. The molecule has 3 heteroatoms. The maximum absolute atomic E-state index is 11.8. The summed E-state index contributed by atoms with van der Waals surface area (Å²) in [4.78, 5) is 23.7. The van der Waals surface area contributed by atoms with Crippen LogP contribution in [0.2, 0.25) is 0 Å². The fourth-order valence-corrected chi connectivity index (χ4v) is 4.15. The van der Waals surface area contributed by atoms with Gasteiger partial charge in [-0.15, -0.1) is 0 Å². The van der Waals surface area contributed by atoms with Gasteiger partial charge in [-0.1, -0.05) is 189 Å². The Morgan fingerprint density at radius 1 is 0.349 bits per heavy atom. The van der Waals surface area contributed by atoms with Gasteiger partial charge in [-0.25, -0.2) is 0 Å². The minimum absolute atomic E-state index is 0. The van der Waals surface area contributed by atoms with E-state index in [-0.39, 0.29) is 19.0 Å². The molecule has 0 saturated heterocycles. The number of ketones is 2. The molecule has 0 heterocycles. The topological polar surface area (TPSA) is 54.4 Å². The van der Waals surface area contributed by atoms with Gasteiger partial charge in [0.2, 0.25) is 0 Å². The van der Waals surface area contributed by atoms with Crippen LogP contribution in [0.3, 0.4) is 0 Å². The quantitative estimate of drug-likeness (QED) is 0.205. The Hall–Kier alpha value is -5.38. The largest absolute Gasteiger partial charge is 0.384 e. The van der Waals surface area contributed by atoms with E-state index in [0.717, 1.165) is 33.4 Å². The summed E-state index contributed by atoms with van der Waals surface area (Å²) in [6.07, 6.45) is -0.516. The Bertz CT molecular complexity index is 1410. The van der Waals surface area contributed by atoms with Gasteiger partial charge in [0.05, 0.1) is 0 Å². The molecule has 43 heavy (non-hydrogen) atoms. The highest BCUT2D eigenvalue weighted by Crippen LogP contribution is 2.20. The van der Waals surface area contributed by atoms with E-state index in [9.17, 15) is 14.7 Å². The summed E-state index contributed by atoms with van der Waals surface area (Å²) in [5.74, 6) is 0.150. The molecule has 0 aliphatic heterocycles. The molecule has 0 fully saturated rings. The van der Waals surface area contributed by atoms with Crippen LogP contribution in [0.4, 0.5) is 0 Å². The lowest BCUT2D eigenvalue weighted by Gasteiger charge is -2.10. The van der Waals surface area contributed by atoms with E-state index in [1.54, 1.807) is 0 Å². The molecule has 0 amide bonds. The zero-order valence-electron chi connectivity index (χ0n) is 23.2. The summed E-state index contributed by atoms with van der Waals surface area (Å²) in [5.41, 5.74) is 4.80. The van der Waals surface area contributed by atoms with Crippen molar-refractivity contribution in [3.05, 3.63) is 215 Å². The maximum Gasteiger partial charge on any atom is 0.193 e. The van der Waals surface area contributed by atoms with Crippen molar-refractivity contribution in [1.29, 1.82) is 0 Å². The molecule has 0 spiro atoms. The number of aliphatic hydroxyl groups excluding tert-OH is 1. The van der Waals surface area contributed by atoms with Crippen molar-refractivity contribution < 1.29 is 14.7 Å². The lowest BCUT2D eigenvalue weighted by atomic mass is 10.0. The normalized spacial score (nSPS) is 9.72. The van der Waals surface area contributed by atoms with Crippen molar-refractivity contribution in [1.82, 2.24) is 0 Å². The van der Waals surface area contributed by atoms with Gasteiger partial charge in [0.1, 0.15) is 6.10 Å².